The SMILES string of the molecule is CCOn1c(C)c(C(=O)O)c2ccccc2c1=O. The maximum absolute atomic E-state index is 12.2. The first kappa shape index (κ1) is 12.2. The van der Waals surface area contributed by atoms with Crippen LogP contribution in [0.2, 0.25) is 0 Å². The van der Waals surface area contributed by atoms with Gasteiger partial charge in [0.05, 0.1) is 16.6 Å². The van der Waals surface area contributed by atoms with Gasteiger partial charge in [-0.25, -0.2) is 4.79 Å². The van der Waals surface area contributed by atoms with Gasteiger partial charge in [0.25, 0.3) is 5.56 Å². The Morgan fingerprint density at radius 3 is 2.50 bits per heavy atom. The van der Waals surface area contributed by atoms with Crippen molar-refractivity contribution in [2.75, 3.05) is 6.61 Å². The fraction of sp³-hybridized carbons (Fsp3) is 0.231. The van der Waals surface area contributed by atoms with E-state index in [4.69, 9.17) is 4.84 Å². The average molecular weight is 247 g/mol. The molecule has 94 valence electrons. The molecule has 0 saturated carbocycles. The van der Waals surface area contributed by atoms with Crippen LogP contribution in [0.5, 0.6) is 0 Å². The van der Waals surface area contributed by atoms with Crippen LogP contribution in [0, 0.1) is 6.92 Å². The number of hydrogen-bond acceptors (Lipinski definition) is 3. The molecule has 0 bridgehead atoms. The molecule has 2 aromatic rings. The molecule has 0 radical (unpaired) electrons. The number of benzene rings is 1. The van der Waals surface area contributed by atoms with Gasteiger partial charge < -0.3 is 9.94 Å². The topological polar surface area (TPSA) is 68.5 Å². The highest BCUT2D eigenvalue weighted by molar-refractivity contribution is 6.04. The smallest absolute Gasteiger partial charge is 0.338 e. The minimum absolute atomic E-state index is 0.0960. The van der Waals surface area contributed by atoms with E-state index in [1.807, 2.05) is 0 Å². The predicted molar refractivity (Wildman–Crippen MR) is 67.0 cm³/mol. The monoisotopic (exact) mass is 247 g/mol. The first-order valence-corrected chi connectivity index (χ1v) is 5.58. The average Bonchev–Trinajstić information content (AvgIpc) is 2.34. The minimum Gasteiger partial charge on any atom is -0.478 e. The van der Waals surface area contributed by atoms with Crippen LogP contribution in [0.3, 0.4) is 0 Å². The minimum atomic E-state index is -1.07. The molecular formula is C13H13NO4. The Labute approximate surface area is 103 Å². The molecule has 0 spiro atoms. The Morgan fingerprint density at radius 2 is 1.94 bits per heavy atom. The second kappa shape index (κ2) is 4.52. The van der Waals surface area contributed by atoms with E-state index in [1.165, 1.54) is 0 Å². The quantitative estimate of drug-likeness (QED) is 0.891. The number of pyridine rings is 1. The van der Waals surface area contributed by atoms with Crippen LogP contribution < -0.4 is 10.4 Å². The van der Waals surface area contributed by atoms with Crippen molar-refractivity contribution in [3.8, 4) is 0 Å². The fourth-order valence-electron chi connectivity index (χ4n) is 2.00. The van der Waals surface area contributed by atoms with Gasteiger partial charge in [-0.3, -0.25) is 4.79 Å². The first-order valence-electron chi connectivity index (χ1n) is 5.58. The van der Waals surface area contributed by atoms with Crippen molar-refractivity contribution in [2.45, 2.75) is 13.8 Å². The second-order valence-corrected chi connectivity index (χ2v) is 3.83. The summed E-state index contributed by atoms with van der Waals surface area (Å²) in [7, 11) is 0. The molecule has 5 nitrogen and oxygen atoms in total. The molecular weight excluding hydrogens is 234 g/mol. The number of aromatic nitrogens is 1. The Bertz CT molecular complexity index is 672. The maximum atomic E-state index is 12.2. The third-order valence-corrected chi connectivity index (χ3v) is 2.75. The summed E-state index contributed by atoms with van der Waals surface area (Å²) in [6, 6.07) is 6.63. The van der Waals surface area contributed by atoms with Crippen LogP contribution in [-0.4, -0.2) is 22.4 Å². The van der Waals surface area contributed by atoms with Crippen molar-refractivity contribution < 1.29 is 14.7 Å². The standard InChI is InChI=1S/C13H13NO4/c1-3-18-14-8(2)11(13(16)17)9-6-4-5-7-10(9)12(14)15/h4-7H,3H2,1-2H3,(H,16,17). The number of aromatic carboxylic acids is 1. The molecule has 0 fully saturated rings. The Balaban J connectivity index is 2.96. The van der Waals surface area contributed by atoms with Gasteiger partial charge in [-0.2, -0.15) is 0 Å². The molecule has 0 amide bonds. The first-order chi connectivity index (χ1) is 8.57. The lowest BCUT2D eigenvalue weighted by Crippen LogP contribution is -2.31. The van der Waals surface area contributed by atoms with Crippen molar-refractivity contribution in [1.82, 2.24) is 4.73 Å². The summed E-state index contributed by atoms with van der Waals surface area (Å²) in [6.45, 7) is 3.59. The van der Waals surface area contributed by atoms with E-state index in [9.17, 15) is 14.7 Å². The summed E-state index contributed by atoms with van der Waals surface area (Å²) in [4.78, 5) is 28.7. The van der Waals surface area contributed by atoms with Gasteiger partial charge >= 0.3 is 5.97 Å². The summed E-state index contributed by atoms with van der Waals surface area (Å²) >= 11 is 0. The number of hydrogen-bond donors (Lipinski definition) is 1. The van der Waals surface area contributed by atoms with Gasteiger partial charge in [0.2, 0.25) is 0 Å². The van der Waals surface area contributed by atoms with E-state index in [1.54, 1.807) is 38.1 Å². The van der Waals surface area contributed by atoms with Crippen LogP contribution in [0.15, 0.2) is 29.1 Å². The Hall–Kier alpha value is -2.30. The van der Waals surface area contributed by atoms with E-state index in [2.05, 4.69) is 0 Å². The highest BCUT2D eigenvalue weighted by Crippen LogP contribution is 2.18. The molecule has 5 heteroatoms. The molecule has 0 saturated heterocycles. The third-order valence-electron chi connectivity index (χ3n) is 2.75. The van der Waals surface area contributed by atoms with Gasteiger partial charge in [0.15, 0.2) is 0 Å². The largest absolute Gasteiger partial charge is 0.478 e. The van der Waals surface area contributed by atoms with Crippen LogP contribution in [0.4, 0.5) is 0 Å². The summed E-state index contributed by atoms with van der Waals surface area (Å²) in [5.74, 6) is -1.07. The number of carboxylic acid groups (broad SMARTS) is 1. The number of carbonyl (C=O) groups is 1. The zero-order chi connectivity index (χ0) is 13.3. The molecule has 0 aliphatic carbocycles. The van der Waals surface area contributed by atoms with Gasteiger partial charge in [0.1, 0.15) is 6.61 Å². The Morgan fingerprint density at radius 1 is 1.33 bits per heavy atom. The fourth-order valence-corrected chi connectivity index (χ4v) is 2.00. The summed E-state index contributed by atoms with van der Waals surface area (Å²) < 4.78 is 1.05. The van der Waals surface area contributed by atoms with Crippen molar-refractivity contribution in [1.29, 1.82) is 0 Å². The van der Waals surface area contributed by atoms with Crippen molar-refractivity contribution in [2.24, 2.45) is 0 Å². The normalized spacial score (nSPS) is 10.6. The van der Waals surface area contributed by atoms with E-state index in [-0.39, 0.29) is 17.7 Å². The zero-order valence-corrected chi connectivity index (χ0v) is 10.1. The van der Waals surface area contributed by atoms with Crippen LogP contribution >= 0.6 is 0 Å². The molecule has 1 N–H and O–H groups in total. The summed E-state index contributed by atoms with van der Waals surface area (Å²) in [5.41, 5.74) is 0.0571. The molecule has 0 atom stereocenters. The van der Waals surface area contributed by atoms with E-state index >= 15 is 0 Å². The summed E-state index contributed by atoms with van der Waals surface area (Å²) in [5, 5.41) is 10.1. The van der Waals surface area contributed by atoms with E-state index in [0.717, 1.165) is 4.73 Å². The molecule has 1 heterocycles. The predicted octanol–water partition coefficient (Wildman–Crippen LogP) is 1.46. The van der Waals surface area contributed by atoms with Gasteiger partial charge in [-0.05, 0) is 19.9 Å². The highest BCUT2D eigenvalue weighted by Gasteiger charge is 2.18. The number of carboxylic acids is 1. The van der Waals surface area contributed by atoms with Gasteiger partial charge in [-0.15, -0.1) is 4.73 Å². The van der Waals surface area contributed by atoms with Gasteiger partial charge in [-0.1, -0.05) is 18.2 Å². The highest BCUT2D eigenvalue weighted by atomic mass is 16.7. The molecule has 18 heavy (non-hydrogen) atoms. The molecule has 1 aromatic carbocycles. The molecule has 2 rings (SSSR count). The van der Waals surface area contributed by atoms with Crippen molar-refractivity contribution in [3.63, 3.8) is 0 Å². The lowest BCUT2D eigenvalue weighted by Gasteiger charge is -2.14. The van der Waals surface area contributed by atoms with Crippen LogP contribution in [0.1, 0.15) is 23.0 Å². The van der Waals surface area contributed by atoms with Crippen LogP contribution in [0.25, 0.3) is 10.8 Å². The molecule has 0 aliphatic rings. The zero-order valence-electron chi connectivity index (χ0n) is 10.1. The number of fused-ring (bicyclic) bond motifs is 1. The maximum Gasteiger partial charge on any atom is 0.338 e. The van der Waals surface area contributed by atoms with E-state index < -0.39 is 5.97 Å². The second-order valence-electron chi connectivity index (χ2n) is 3.83. The van der Waals surface area contributed by atoms with Crippen molar-refractivity contribution >= 4 is 16.7 Å². The number of rotatable bonds is 3. The third kappa shape index (κ3) is 1.73. The lowest BCUT2D eigenvalue weighted by molar-refractivity contribution is 0.0684. The van der Waals surface area contributed by atoms with Gasteiger partial charge in [0, 0.05) is 5.39 Å². The number of nitrogens with zero attached hydrogens (tertiary/aromatic N) is 1. The molecule has 0 aliphatic heterocycles. The van der Waals surface area contributed by atoms with E-state index in [0.29, 0.717) is 16.5 Å². The van der Waals surface area contributed by atoms with Crippen LogP contribution in [-0.2, 0) is 0 Å². The van der Waals surface area contributed by atoms with Crippen molar-refractivity contribution in [3.05, 3.63) is 45.9 Å². The Kier molecular flexibility index (Phi) is 3.06. The lowest BCUT2D eigenvalue weighted by atomic mass is 10.0. The summed E-state index contributed by atoms with van der Waals surface area (Å²) in [6.07, 6.45) is 0. The molecule has 0 unspecified atom stereocenters. The molecule has 1 aromatic heterocycles.